The Balaban J connectivity index is 1.61. The number of hydrogen-bond donors (Lipinski definition) is 1. The maximum Gasteiger partial charge on any atom is 0.119 e. The second kappa shape index (κ2) is 10.7. The predicted octanol–water partition coefficient (Wildman–Crippen LogP) is 5.69. The topological polar surface area (TPSA) is 21.3 Å². The van der Waals surface area contributed by atoms with Gasteiger partial charge in [0.25, 0.3) is 0 Å². The summed E-state index contributed by atoms with van der Waals surface area (Å²) >= 11 is 0. The molecule has 0 aliphatic heterocycles. The van der Waals surface area contributed by atoms with Crippen molar-refractivity contribution in [3.8, 4) is 5.75 Å². The van der Waals surface area contributed by atoms with Crippen LogP contribution in [0.15, 0.2) is 54.6 Å². The highest BCUT2D eigenvalue weighted by atomic mass is 16.5. The van der Waals surface area contributed by atoms with E-state index in [0.717, 1.165) is 43.9 Å². The Morgan fingerprint density at radius 1 is 0.826 bits per heavy atom. The summed E-state index contributed by atoms with van der Waals surface area (Å²) in [5.41, 5.74) is 2.57. The van der Waals surface area contributed by atoms with Gasteiger partial charge in [-0.05, 0) is 49.1 Å². The Labute approximate surface area is 140 Å². The van der Waals surface area contributed by atoms with Gasteiger partial charge in [-0.15, -0.1) is 0 Å². The van der Waals surface area contributed by atoms with Crippen molar-refractivity contribution in [3.63, 3.8) is 0 Å². The van der Waals surface area contributed by atoms with Crippen molar-refractivity contribution >= 4 is 5.69 Å². The van der Waals surface area contributed by atoms with E-state index in [9.17, 15) is 0 Å². The first-order valence-corrected chi connectivity index (χ1v) is 8.89. The lowest BCUT2D eigenvalue weighted by Gasteiger charge is -2.09. The molecule has 2 rings (SSSR count). The van der Waals surface area contributed by atoms with Gasteiger partial charge in [0.05, 0.1) is 6.61 Å². The average molecular weight is 311 g/mol. The molecule has 2 nitrogen and oxygen atoms in total. The number of hydrogen-bond acceptors (Lipinski definition) is 2. The molecule has 0 unspecified atom stereocenters. The molecule has 0 aliphatic carbocycles. The number of nitrogens with one attached hydrogen (secondary N) is 1. The normalized spacial score (nSPS) is 10.5. The summed E-state index contributed by atoms with van der Waals surface area (Å²) in [6.07, 6.45) is 7.23. The summed E-state index contributed by atoms with van der Waals surface area (Å²) < 4.78 is 5.76. The molecule has 0 spiro atoms. The predicted molar refractivity (Wildman–Crippen MR) is 99.3 cm³/mol. The molecule has 0 amide bonds. The van der Waals surface area contributed by atoms with Crippen molar-refractivity contribution in [1.29, 1.82) is 0 Å². The molecule has 0 fully saturated rings. The van der Waals surface area contributed by atoms with Gasteiger partial charge in [0.2, 0.25) is 0 Å². The molecular formula is C21H29NO. The summed E-state index contributed by atoms with van der Waals surface area (Å²) in [5, 5.41) is 3.47. The van der Waals surface area contributed by atoms with E-state index in [1.165, 1.54) is 24.8 Å². The molecule has 2 aromatic carbocycles. The number of anilines is 1. The van der Waals surface area contributed by atoms with Crippen LogP contribution in [0.2, 0.25) is 0 Å². The van der Waals surface area contributed by atoms with Gasteiger partial charge in [0, 0.05) is 12.2 Å². The highest BCUT2D eigenvalue weighted by molar-refractivity contribution is 5.46. The van der Waals surface area contributed by atoms with Crippen LogP contribution in [0.4, 0.5) is 5.69 Å². The van der Waals surface area contributed by atoms with Crippen molar-refractivity contribution in [3.05, 3.63) is 60.2 Å². The summed E-state index contributed by atoms with van der Waals surface area (Å²) in [6, 6.07) is 19.0. The lowest BCUT2D eigenvalue weighted by Crippen LogP contribution is -2.03. The average Bonchev–Trinajstić information content (AvgIpc) is 2.61. The summed E-state index contributed by atoms with van der Waals surface area (Å²) in [6.45, 7) is 4.04. The number of benzene rings is 2. The fraction of sp³-hybridized carbons (Fsp3) is 0.429. The van der Waals surface area contributed by atoms with Gasteiger partial charge in [-0.1, -0.05) is 56.5 Å². The van der Waals surface area contributed by atoms with Gasteiger partial charge in [-0.2, -0.15) is 0 Å². The van der Waals surface area contributed by atoms with Crippen molar-refractivity contribution in [2.24, 2.45) is 0 Å². The fourth-order valence-electron chi connectivity index (χ4n) is 2.56. The maximum absolute atomic E-state index is 5.76. The molecule has 0 bridgehead atoms. The molecule has 0 aromatic heterocycles. The van der Waals surface area contributed by atoms with Gasteiger partial charge in [-0.25, -0.2) is 0 Å². The Bertz CT molecular complexity index is 521. The van der Waals surface area contributed by atoms with E-state index < -0.39 is 0 Å². The largest absolute Gasteiger partial charge is 0.494 e. The van der Waals surface area contributed by atoms with Crippen molar-refractivity contribution < 1.29 is 4.74 Å². The van der Waals surface area contributed by atoms with E-state index in [1.807, 2.05) is 0 Å². The Kier molecular flexibility index (Phi) is 8.10. The van der Waals surface area contributed by atoms with E-state index in [-0.39, 0.29) is 0 Å². The molecule has 0 saturated heterocycles. The second-order valence-electron chi connectivity index (χ2n) is 5.95. The third-order valence-electron chi connectivity index (χ3n) is 3.94. The molecule has 0 atom stereocenters. The Hall–Kier alpha value is -1.96. The van der Waals surface area contributed by atoms with Crippen LogP contribution in [0.5, 0.6) is 5.75 Å². The van der Waals surface area contributed by atoms with Gasteiger partial charge in [0.1, 0.15) is 5.75 Å². The van der Waals surface area contributed by atoms with Crippen LogP contribution in [-0.2, 0) is 6.42 Å². The third kappa shape index (κ3) is 7.23. The van der Waals surface area contributed by atoms with Crippen LogP contribution in [-0.4, -0.2) is 13.2 Å². The Morgan fingerprint density at radius 3 is 2.35 bits per heavy atom. The number of ether oxygens (including phenoxy) is 1. The molecule has 2 aromatic rings. The first-order valence-electron chi connectivity index (χ1n) is 8.89. The second-order valence-corrected chi connectivity index (χ2v) is 5.95. The maximum atomic E-state index is 5.76. The van der Waals surface area contributed by atoms with Crippen LogP contribution in [0, 0.1) is 0 Å². The minimum atomic E-state index is 0.823. The monoisotopic (exact) mass is 311 g/mol. The lowest BCUT2D eigenvalue weighted by molar-refractivity contribution is 0.305. The first-order chi connectivity index (χ1) is 11.4. The van der Waals surface area contributed by atoms with Crippen molar-refractivity contribution in [1.82, 2.24) is 0 Å². The first kappa shape index (κ1) is 17.4. The fourth-order valence-corrected chi connectivity index (χ4v) is 2.56. The zero-order valence-electron chi connectivity index (χ0n) is 14.3. The SMILES string of the molecule is CCCCCCOc1ccc(NCCCc2ccccc2)cc1. The molecule has 23 heavy (non-hydrogen) atoms. The van der Waals surface area contributed by atoms with Crippen molar-refractivity contribution in [2.75, 3.05) is 18.5 Å². The smallest absolute Gasteiger partial charge is 0.119 e. The van der Waals surface area contributed by atoms with Crippen molar-refractivity contribution in [2.45, 2.75) is 45.4 Å². The van der Waals surface area contributed by atoms with E-state index in [2.05, 4.69) is 66.8 Å². The molecular weight excluding hydrogens is 282 g/mol. The van der Waals surface area contributed by atoms with E-state index in [0.29, 0.717) is 0 Å². The molecule has 0 heterocycles. The molecule has 124 valence electrons. The van der Waals surface area contributed by atoms with Gasteiger partial charge in [0.15, 0.2) is 0 Å². The van der Waals surface area contributed by atoms with Crippen LogP contribution >= 0.6 is 0 Å². The quantitative estimate of drug-likeness (QED) is 0.538. The Morgan fingerprint density at radius 2 is 1.61 bits per heavy atom. The minimum absolute atomic E-state index is 0.823. The highest BCUT2D eigenvalue weighted by Gasteiger charge is 1.97. The molecule has 1 N–H and O–H groups in total. The molecule has 0 saturated carbocycles. The highest BCUT2D eigenvalue weighted by Crippen LogP contribution is 2.16. The number of aryl methyl sites for hydroxylation is 1. The van der Waals surface area contributed by atoms with Gasteiger partial charge < -0.3 is 10.1 Å². The number of rotatable bonds is 11. The van der Waals surface area contributed by atoms with E-state index >= 15 is 0 Å². The summed E-state index contributed by atoms with van der Waals surface area (Å²) in [4.78, 5) is 0. The van der Waals surface area contributed by atoms with E-state index in [4.69, 9.17) is 4.74 Å². The van der Waals surface area contributed by atoms with Crippen LogP contribution < -0.4 is 10.1 Å². The minimum Gasteiger partial charge on any atom is -0.494 e. The summed E-state index contributed by atoms with van der Waals surface area (Å²) in [5.74, 6) is 0.969. The lowest BCUT2D eigenvalue weighted by atomic mass is 10.1. The standard InChI is InChI=1S/C21H29NO/c1-2-3-4-8-18-23-21-15-13-20(14-16-21)22-17-9-12-19-10-6-5-7-11-19/h5-7,10-11,13-16,22H,2-4,8-9,12,17-18H2,1H3. The summed E-state index contributed by atoms with van der Waals surface area (Å²) in [7, 11) is 0. The van der Waals surface area contributed by atoms with Crippen LogP contribution in [0.25, 0.3) is 0 Å². The van der Waals surface area contributed by atoms with E-state index in [1.54, 1.807) is 0 Å². The van der Waals surface area contributed by atoms with Crippen LogP contribution in [0.1, 0.15) is 44.6 Å². The molecule has 0 radical (unpaired) electrons. The number of unbranched alkanes of at least 4 members (excludes halogenated alkanes) is 3. The van der Waals surface area contributed by atoms with Gasteiger partial charge in [-0.3, -0.25) is 0 Å². The van der Waals surface area contributed by atoms with Gasteiger partial charge >= 0.3 is 0 Å². The zero-order valence-corrected chi connectivity index (χ0v) is 14.3. The van der Waals surface area contributed by atoms with Crippen LogP contribution in [0.3, 0.4) is 0 Å². The molecule has 2 heteroatoms. The zero-order chi connectivity index (χ0) is 16.2. The molecule has 0 aliphatic rings. The third-order valence-corrected chi connectivity index (χ3v) is 3.94.